The van der Waals surface area contributed by atoms with Crippen LogP contribution in [0.3, 0.4) is 0 Å². The second-order valence-electron chi connectivity index (χ2n) is 5.89. The summed E-state index contributed by atoms with van der Waals surface area (Å²) < 4.78 is 1.83. The van der Waals surface area contributed by atoms with Crippen LogP contribution >= 0.6 is 11.3 Å². The summed E-state index contributed by atoms with van der Waals surface area (Å²) in [7, 11) is 0. The summed E-state index contributed by atoms with van der Waals surface area (Å²) in [6.07, 6.45) is 7.22. The number of carbonyl (C=O) groups is 1. The van der Waals surface area contributed by atoms with Crippen molar-refractivity contribution in [2.24, 2.45) is 0 Å². The lowest BCUT2D eigenvalue weighted by Gasteiger charge is -2.07. The van der Waals surface area contributed by atoms with Crippen LogP contribution in [-0.4, -0.2) is 20.4 Å². The summed E-state index contributed by atoms with van der Waals surface area (Å²) in [5.74, 6) is -0.0597. The van der Waals surface area contributed by atoms with Crippen molar-refractivity contribution in [1.29, 1.82) is 0 Å². The van der Waals surface area contributed by atoms with Crippen molar-refractivity contribution in [3.8, 4) is 11.3 Å². The van der Waals surface area contributed by atoms with Crippen LogP contribution in [0.2, 0.25) is 0 Å². The number of anilines is 3. The summed E-state index contributed by atoms with van der Waals surface area (Å²) in [5, 5.41) is 8.94. The van der Waals surface area contributed by atoms with Gasteiger partial charge in [0.05, 0.1) is 17.6 Å². The average Bonchev–Trinajstić information content (AvgIpc) is 3.35. The van der Waals surface area contributed by atoms with Gasteiger partial charge in [0.15, 0.2) is 5.13 Å². The van der Waals surface area contributed by atoms with E-state index in [1.807, 2.05) is 70.9 Å². The van der Waals surface area contributed by atoms with E-state index in [1.54, 1.807) is 12.4 Å². The van der Waals surface area contributed by atoms with E-state index in [-0.39, 0.29) is 5.91 Å². The van der Waals surface area contributed by atoms with Gasteiger partial charge in [0.1, 0.15) is 6.54 Å². The molecule has 4 rings (SSSR count). The summed E-state index contributed by atoms with van der Waals surface area (Å²) in [6, 6.07) is 15.3. The fourth-order valence-corrected chi connectivity index (χ4v) is 3.33. The van der Waals surface area contributed by atoms with E-state index < -0.39 is 0 Å². The Kier molecular flexibility index (Phi) is 4.93. The third-order valence-electron chi connectivity index (χ3n) is 3.87. The van der Waals surface area contributed by atoms with Crippen LogP contribution in [0, 0.1) is 0 Å². The first kappa shape index (κ1) is 17.0. The van der Waals surface area contributed by atoms with Crippen LogP contribution in [0.25, 0.3) is 11.3 Å². The second-order valence-corrected chi connectivity index (χ2v) is 6.74. The van der Waals surface area contributed by atoms with Crippen LogP contribution in [-0.2, 0) is 11.3 Å². The van der Waals surface area contributed by atoms with Crippen LogP contribution in [0.15, 0.2) is 78.7 Å². The highest BCUT2D eigenvalue weighted by Crippen LogP contribution is 2.27. The van der Waals surface area contributed by atoms with E-state index in [9.17, 15) is 4.79 Å². The Morgan fingerprint density at radius 2 is 1.85 bits per heavy atom. The van der Waals surface area contributed by atoms with Gasteiger partial charge in [-0.2, -0.15) is 0 Å². The average molecular weight is 375 g/mol. The Hall–Kier alpha value is -3.45. The Balaban J connectivity index is 1.39. The van der Waals surface area contributed by atoms with Crippen LogP contribution in [0.1, 0.15) is 0 Å². The van der Waals surface area contributed by atoms with Crippen molar-refractivity contribution in [3.05, 3.63) is 78.7 Å². The Bertz CT molecular complexity index is 1010. The molecule has 0 bridgehead atoms. The molecule has 1 aromatic carbocycles. The van der Waals surface area contributed by atoms with Gasteiger partial charge in [-0.1, -0.05) is 12.1 Å². The minimum Gasteiger partial charge on any atom is -0.345 e. The van der Waals surface area contributed by atoms with E-state index in [2.05, 4.69) is 20.6 Å². The van der Waals surface area contributed by atoms with Gasteiger partial charge in [0.25, 0.3) is 0 Å². The maximum atomic E-state index is 12.1. The molecule has 0 radical (unpaired) electrons. The fraction of sp³-hybridized carbons (Fsp3) is 0.0500. The predicted octanol–water partition coefficient (Wildman–Crippen LogP) is 4.39. The molecule has 134 valence electrons. The molecule has 3 heterocycles. The predicted molar refractivity (Wildman–Crippen MR) is 108 cm³/mol. The minimum absolute atomic E-state index is 0.0597. The molecular formula is C20H17N5OS. The SMILES string of the molecule is O=C(Cn1cccc1)Nc1ccc(-c2csc(Nc3cccnc3)n2)cc1. The van der Waals surface area contributed by atoms with Gasteiger partial charge in [-0.25, -0.2) is 4.98 Å². The molecule has 0 saturated heterocycles. The lowest BCUT2D eigenvalue weighted by atomic mass is 10.1. The third kappa shape index (κ3) is 4.39. The first-order valence-electron chi connectivity index (χ1n) is 8.40. The maximum Gasteiger partial charge on any atom is 0.244 e. The molecule has 0 saturated carbocycles. The number of rotatable bonds is 6. The lowest BCUT2D eigenvalue weighted by molar-refractivity contribution is -0.116. The highest BCUT2D eigenvalue weighted by molar-refractivity contribution is 7.14. The number of hydrogen-bond acceptors (Lipinski definition) is 5. The quantitative estimate of drug-likeness (QED) is 0.524. The number of hydrogen-bond donors (Lipinski definition) is 2. The summed E-state index contributed by atoms with van der Waals surface area (Å²) >= 11 is 1.53. The summed E-state index contributed by atoms with van der Waals surface area (Å²) in [6.45, 7) is 0.296. The van der Waals surface area contributed by atoms with E-state index in [1.165, 1.54) is 11.3 Å². The normalized spacial score (nSPS) is 10.5. The van der Waals surface area contributed by atoms with Gasteiger partial charge in [-0.3, -0.25) is 9.78 Å². The van der Waals surface area contributed by atoms with Gasteiger partial charge < -0.3 is 15.2 Å². The molecule has 0 atom stereocenters. The maximum absolute atomic E-state index is 12.1. The largest absolute Gasteiger partial charge is 0.345 e. The number of pyridine rings is 1. The van der Waals surface area contributed by atoms with Crippen molar-refractivity contribution in [2.75, 3.05) is 10.6 Å². The molecule has 0 aliphatic heterocycles. The molecule has 0 fully saturated rings. The number of benzene rings is 1. The molecule has 7 heteroatoms. The highest BCUT2D eigenvalue weighted by Gasteiger charge is 2.07. The molecule has 0 aliphatic rings. The zero-order valence-electron chi connectivity index (χ0n) is 14.4. The van der Waals surface area contributed by atoms with E-state index >= 15 is 0 Å². The van der Waals surface area contributed by atoms with Gasteiger partial charge in [-0.05, 0) is 36.4 Å². The topological polar surface area (TPSA) is 71.8 Å². The smallest absolute Gasteiger partial charge is 0.244 e. The highest BCUT2D eigenvalue weighted by atomic mass is 32.1. The van der Waals surface area contributed by atoms with Crippen molar-refractivity contribution < 1.29 is 4.79 Å². The number of amides is 1. The van der Waals surface area contributed by atoms with E-state index in [0.717, 1.165) is 27.8 Å². The number of nitrogens with one attached hydrogen (secondary N) is 2. The van der Waals surface area contributed by atoms with Gasteiger partial charge in [0.2, 0.25) is 5.91 Å². The number of aromatic nitrogens is 3. The van der Waals surface area contributed by atoms with E-state index in [0.29, 0.717) is 6.54 Å². The first-order valence-corrected chi connectivity index (χ1v) is 9.28. The van der Waals surface area contributed by atoms with Gasteiger partial charge in [-0.15, -0.1) is 11.3 Å². The molecule has 2 N–H and O–H groups in total. The monoisotopic (exact) mass is 375 g/mol. The molecular weight excluding hydrogens is 358 g/mol. The van der Waals surface area contributed by atoms with Crippen LogP contribution in [0.5, 0.6) is 0 Å². The molecule has 27 heavy (non-hydrogen) atoms. The second kappa shape index (κ2) is 7.84. The molecule has 4 aromatic rings. The molecule has 1 amide bonds. The van der Waals surface area contributed by atoms with Crippen LogP contribution < -0.4 is 10.6 Å². The number of carbonyl (C=O) groups excluding carboxylic acids is 1. The Labute approximate surface area is 160 Å². The first-order chi connectivity index (χ1) is 13.3. The Morgan fingerprint density at radius 1 is 1.04 bits per heavy atom. The lowest BCUT2D eigenvalue weighted by Crippen LogP contribution is -2.17. The van der Waals surface area contributed by atoms with Crippen molar-refractivity contribution in [2.45, 2.75) is 6.54 Å². The standard InChI is InChI=1S/C20H17N5OS/c26-19(13-25-10-1-2-11-25)22-16-7-5-15(6-8-16)18-14-27-20(24-18)23-17-4-3-9-21-12-17/h1-12,14H,13H2,(H,22,26)(H,23,24). The van der Waals surface area contributed by atoms with E-state index in [4.69, 9.17) is 0 Å². The van der Waals surface area contributed by atoms with Crippen molar-refractivity contribution in [3.63, 3.8) is 0 Å². The molecule has 6 nitrogen and oxygen atoms in total. The number of nitrogens with zero attached hydrogens (tertiary/aromatic N) is 3. The molecule has 0 aliphatic carbocycles. The van der Waals surface area contributed by atoms with Gasteiger partial charge in [0, 0.05) is 35.2 Å². The molecule has 3 aromatic heterocycles. The zero-order chi connectivity index (χ0) is 18.5. The summed E-state index contributed by atoms with van der Waals surface area (Å²) in [5.41, 5.74) is 3.55. The van der Waals surface area contributed by atoms with Crippen molar-refractivity contribution in [1.82, 2.24) is 14.5 Å². The van der Waals surface area contributed by atoms with Crippen LogP contribution in [0.4, 0.5) is 16.5 Å². The number of thiazole rings is 1. The summed E-state index contributed by atoms with van der Waals surface area (Å²) in [4.78, 5) is 20.7. The van der Waals surface area contributed by atoms with Crippen molar-refractivity contribution >= 4 is 33.8 Å². The zero-order valence-corrected chi connectivity index (χ0v) is 15.2. The molecule has 0 unspecified atom stereocenters. The minimum atomic E-state index is -0.0597. The Morgan fingerprint density at radius 3 is 2.59 bits per heavy atom. The molecule has 0 spiro atoms. The van der Waals surface area contributed by atoms with Gasteiger partial charge >= 0.3 is 0 Å². The fourth-order valence-electron chi connectivity index (χ4n) is 2.59. The third-order valence-corrected chi connectivity index (χ3v) is 4.63.